The summed E-state index contributed by atoms with van der Waals surface area (Å²) in [6.45, 7) is 0. The number of ether oxygens (including phenoxy) is 1. The second kappa shape index (κ2) is 5.36. The SMILES string of the molecule is COC(=O)c1ncn(-c2cccc(C(=O)O)c2[N+](=O)[O-])n1. The van der Waals surface area contributed by atoms with E-state index < -0.39 is 28.1 Å². The van der Waals surface area contributed by atoms with Gasteiger partial charge in [-0.25, -0.2) is 19.3 Å². The standard InChI is InChI=1S/C11H8N4O6/c1-21-11(18)9-12-5-14(13-9)7-4-2-3-6(10(16)17)8(7)15(19)20/h2-5H,1H3,(H,16,17). The van der Waals surface area contributed by atoms with Crippen molar-refractivity contribution in [1.29, 1.82) is 0 Å². The summed E-state index contributed by atoms with van der Waals surface area (Å²) < 4.78 is 5.36. The minimum atomic E-state index is -1.45. The van der Waals surface area contributed by atoms with Gasteiger partial charge in [0.2, 0.25) is 0 Å². The number of esters is 1. The van der Waals surface area contributed by atoms with E-state index in [1.807, 2.05) is 0 Å². The van der Waals surface area contributed by atoms with Crippen molar-refractivity contribution >= 4 is 17.6 Å². The predicted octanol–water partition coefficient (Wildman–Crippen LogP) is 0.660. The molecule has 0 bridgehead atoms. The lowest BCUT2D eigenvalue weighted by atomic mass is 10.1. The van der Waals surface area contributed by atoms with Crippen LogP contribution in [0.2, 0.25) is 0 Å². The Bertz CT molecular complexity index is 738. The van der Waals surface area contributed by atoms with Crippen molar-refractivity contribution in [2.24, 2.45) is 0 Å². The first-order valence-corrected chi connectivity index (χ1v) is 5.46. The van der Waals surface area contributed by atoms with Crippen molar-refractivity contribution in [2.45, 2.75) is 0 Å². The highest BCUT2D eigenvalue weighted by Gasteiger charge is 2.26. The molecule has 10 heteroatoms. The maximum absolute atomic E-state index is 11.3. The van der Waals surface area contributed by atoms with E-state index in [1.54, 1.807) is 0 Å². The largest absolute Gasteiger partial charge is 0.477 e. The molecule has 0 aliphatic heterocycles. The van der Waals surface area contributed by atoms with Crippen molar-refractivity contribution in [1.82, 2.24) is 14.8 Å². The number of nitrogens with zero attached hydrogens (tertiary/aromatic N) is 4. The number of methoxy groups -OCH3 is 1. The van der Waals surface area contributed by atoms with E-state index in [0.29, 0.717) is 0 Å². The summed E-state index contributed by atoms with van der Waals surface area (Å²) in [5, 5.41) is 23.8. The highest BCUT2D eigenvalue weighted by atomic mass is 16.6. The van der Waals surface area contributed by atoms with Gasteiger partial charge in [0.25, 0.3) is 5.82 Å². The lowest BCUT2D eigenvalue weighted by Gasteiger charge is -2.04. The Hall–Kier alpha value is -3.30. The Morgan fingerprint density at radius 2 is 2.14 bits per heavy atom. The van der Waals surface area contributed by atoms with E-state index >= 15 is 0 Å². The van der Waals surface area contributed by atoms with Crippen LogP contribution in [0.4, 0.5) is 5.69 Å². The number of carboxylic acid groups (broad SMARTS) is 1. The van der Waals surface area contributed by atoms with Crippen LogP contribution in [0.1, 0.15) is 21.0 Å². The van der Waals surface area contributed by atoms with Gasteiger partial charge in [0.05, 0.1) is 12.0 Å². The van der Waals surface area contributed by atoms with E-state index in [4.69, 9.17) is 5.11 Å². The topological polar surface area (TPSA) is 137 Å². The average molecular weight is 292 g/mol. The van der Waals surface area contributed by atoms with E-state index in [2.05, 4.69) is 14.8 Å². The molecule has 0 aliphatic rings. The normalized spacial score (nSPS) is 10.1. The molecular weight excluding hydrogens is 284 g/mol. The van der Waals surface area contributed by atoms with Crippen LogP contribution in [0.3, 0.4) is 0 Å². The molecule has 0 fully saturated rings. The quantitative estimate of drug-likeness (QED) is 0.492. The molecule has 0 spiro atoms. The molecule has 2 rings (SSSR count). The molecule has 1 aromatic heterocycles. The van der Waals surface area contributed by atoms with Gasteiger partial charge < -0.3 is 9.84 Å². The summed E-state index contributed by atoms with van der Waals surface area (Å²) >= 11 is 0. The molecule has 1 N–H and O–H groups in total. The average Bonchev–Trinajstić information content (AvgIpc) is 2.95. The number of para-hydroxylation sites is 1. The number of aromatic nitrogens is 3. The van der Waals surface area contributed by atoms with Crippen LogP contribution >= 0.6 is 0 Å². The van der Waals surface area contributed by atoms with Crippen molar-refractivity contribution in [3.63, 3.8) is 0 Å². The first-order valence-electron chi connectivity index (χ1n) is 5.46. The number of rotatable bonds is 4. The van der Waals surface area contributed by atoms with Gasteiger partial charge in [-0.3, -0.25) is 10.1 Å². The summed E-state index contributed by atoms with van der Waals surface area (Å²) in [7, 11) is 1.14. The third-order valence-electron chi connectivity index (χ3n) is 2.53. The summed E-state index contributed by atoms with van der Waals surface area (Å²) in [4.78, 5) is 36.2. The Morgan fingerprint density at radius 3 is 2.71 bits per heavy atom. The number of nitro groups is 1. The second-order valence-electron chi connectivity index (χ2n) is 3.74. The number of carboxylic acids is 1. The zero-order valence-electron chi connectivity index (χ0n) is 10.6. The predicted molar refractivity (Wildman–Crippen MR) is 66.3 cm³/mol. The number of hydrogen-bond acceptors (Lipinski definition) is 7. The number of hydrogen-bond donors (Lipinski definition) is 1. The lowest BCUT2D eigenvalue weighted by Crippen LogP contribution is -2.09. The summed E-state index contributed by atoms with van der Waals surface area (Å²) in [6, 6.07) is 3.72. The van der Waals surface area contributed by atoms with Crippen LogP contribution in [-0.4, -0.2) is 43.8 Å². The van der Waals surface area contributed by atoms with Gasteiger partial charge in [-0.1, -0.05) is 6.07 Å². The van der Waals surface area contributed by atoms with E-state index in [-0.39, 0.29) is 11.5 Å². The van der Waals surface area contributed by atoms with Gasteiger partial charge in [-0.2, -0.15) is 0 Å². The van der Waals surface area contributed by atoms with Crippen molar-refractivity contribution in [3.05, 3.63) is 46.0 Å². The Labute approximate surface area is 116 Å². The van der Waals surface area contributed by atoms with Crippen molar-refractivity contribution < 1.29 is 24.4 Å². The minimum absolute atomic E-state index is 0.123. The zero-order chi connectivity index (χ0) is 15.6. The Morgan fingerprint density at radius 1 is 1.43 bits per heavy atom. The molecule has 108 valence electrons. The molecule has 1 heterocycles. The maximum atomic E-state index is 11.3. The van der Waals surface area contributed by atoms with Crippen LogP contribution in [0, 0.1) is 10.1 Å². The number of aromatic carboxylic acids is 1. The fourth-order valence-corrected chi connectivity index (χ4v) is 1.64. The summed E-state index contributed by atoms with van der Waals surface area (Å²) in [5.74, 6) is -2.56. The summed E-state index contributed by atoms with van der Waals surface area (Å²) in [6.07, 6.45) is 1.06. The molecule has 0 amide bonds. The molecule has 10 nitrogen and oxygen atoms in total. The van der Waals surface area contributed by atoms with Crippen LogP contribution in [-0.2, 0) is 4.74 Å². The second-order valence-corrected chi connectivity index (χ2v) is 3.74. The number of nitro benzene ring substituents is 1. The van der Waals surface area contributed by atoms with Crippen LogP contribution in [0.15, 0.2) is 24.5 Å². The summed E-state index contributed by atoms with van der Waals surface area (Å²) in [5.41, 5.74) is -1.26. The molecule has 0 aliphatic carbocycles. The van der Waals surface area contributed by atoms with Gasteiger partial charge in [-0.15, -0.1) is 5.10 Å². The van der Waals surface area contributed by atoms with Gasteiger partial charge in [0.1, 0.15) is 17.6 Å². The highest BCUT2D eigenvalue weighted by Crippen LogP contribution is 2.26. The van der Waals surface area contributed by atoms with E-state index in [0.717, 1.165) is 24.2 Å². The Balaban J connectivity index is 2.61. The zero-order valence-corrected chi connectivity index (χ0v) is 10.6. The number of carbonyl (C=O) groups is 2. The van der Waals surface area contributed by atoms with E-state index in [1.165, 1.54) is 12.1 Å². The monoisotopic (exact) mass is 292 g/mol. The van der Waals surface area contributed by atoms with Gasteiger partial charge in [0.15, 0.2) is 0 Å². The van der Waals surface area contributed by atoms with Gasteiger partial charge >= 0.3 is 17.6 Å². The van der Waals surface area contributed by atoms with Gasteiger partial charge in [-0.05, 0) is 12.1 Å². The smallest absolute Gasteiger partial charge is 0.377 e. The van der Waals surface area contributed by atoms with E-state index in [9.17, 15) is 19.7 Å². The molecule has 0 atom stereocenters. The third-order valence-corrected chi connectivity index (χ3v) is 2.53. The van der Waals surface area contributed by atoms with Crippen LogP contribution in [0.25, 0.3) is 5.69 Å². The molecule has 0 radical (unpaired) electrons. The molecule has 21 heavy (non-hydrogen) atoms. The maximum Gasteiger partial charge on any atom is 0.377 e. The minimum Gasteiger partial charge on any atom is -0.477 e. The van der Waals surface area contributed by atoms with Crippen molar-refractivity contribution in [3.8, 4) is 5.69 Å². The fraction of sp³-hybridized carbons (Fsp3) is 0.0909. The first-order chi connectivity index (χ1) is 9.95. The fourth-order valence-electron chi connectivity index (χ4n) is 1.64. The molecule has 1 aromatic carbocycles. The highest BCUT2D eigenvalue weighted by molar-refractivity contribution is 5.94. The first kappa shape index (κ1) is 14.1. The van der Waals surface area contributed by atoms with Crippen LogP contribution < -0.4 is 0 Å². The molecule has 0 unspecified atom stereocenters. The molecular formula is C11H8N4O6. The van der Waals surface area contributed by atoms with Gasteiger partial charge in [0, 0.05) is 0 Å². The number of carbonyl (C=O) groups excluding carboxylic acids is 1. The van der Waals surface area contributed by atoms with Crippen LogP contribution in [0.5, 0.6) is 0 Å². The van der Waals surface area contributed by atoms with Crippen molar-refractivity contribution in [2.75, 3.05) is 7.11 Å². The third kappa shape index (κ3) is 2.54. The number of benzene rings is 1. The molecule has 0 saturated heterocycles. The Kier molecular flexibility index (Phi) is 3.61. The lowest BCUT2D eigenvalue weighted by molar-refractivity contribution is -0.385. The molecule has 0 saturated carbocycles. The molecule has 2 aromatic rings.